The smallest absolute Gasteiger partial charge is 0.276 e. The molecule has 122 valence electrons. The van der Waals surface area contributed by atoms with Gasteiger partial charge in [0.15, 0.2) is 11.3 Å². The number of pyridine rings is 1. The number of carbonyl (C=O) groups excluding carboxylic acids is 1. The largest absolute Gasteiger partial charge is 0.346 e. The van der Waals surface area contributed by atoms with E-state index in [1.165, 1.54) is 0 Å². The highest BCUT2D eigenvalue weighted by atomic mass is 127. The average Bonchev–Trinajstić information content (AvgIpc) is 2.61. The summed E-state index contributed by atoms with van der Waals surface area (Å²) >= 11 is 8.01. The zero-order valence-electron chi connectivity index (χ0n) is 12.3. The molecule has 0 fully saturated rings. The van der Waals surface area contributed by atoms with E-state index in [0.717, 1.165) is 15.6 Å². The summed E-state index contributed by atoms with van der Waals surface area (Å²) in [5.41, 5.74) is 1.54. The minimum Gasteiger partial charge on any atom is -0.346 e. The van der Waals surface area contributed by atoms with Gasteiger partial charge in [-0.1, -0.05) is 46.3 Å². The molecule has 0 saturated carbocycles. The maximum atomic E-state index is 12.5. The van der Waals surface area contributed by atoms with Crippen molar-refractivity contribution < 1.29 is 4.79 Å². The van der Waals surface area contributed by atoms with Crippen molar-refractivity contribution in [3.05, 3.63) is 68.6 Å². The maximum absolute atomic E-state index is 12.5. The van der Waals surface area contributed by atoms with E-state index in [0.29, 0.717) is 16.1 Å². The molecule has 6 nitrogen and oxygen atoms in total. The van der Waals surface area contributed by atoms with E-state index >= 15 is 0 Å². The van der Waals surface area contributed by atoms with E-state index in [2.05, 4.69) is 43.1 Å². The summed E-state index contributed by atoms with van der Waals surface area (Å²) in [6.45, 7) is 0.279. The van der Waals surface area contributed by atoms with E-state index < -0.39 is 11.3 Å². The van der Waals surface area contributed by atoms with E-state index in [1.54, 1.807) is 36.5 Å². The molecule has 0 aliphatic carbocycles. The zero-order valence-corrected chi connectivity index (χ0v) is 15.3. The van der Waals surface area contributed by atoms with E-state index in [-0.39, 0.29) is 12.2 Å². The molecule has 8 heteroatoms. The Balaban J connectivity index is 1.85. The predicted octanol–water partition coefficient (Wildman–Crippen LogP) is 2.84. The van der Waals surface area contributed by atoms with Crippen molar-refractivity contribution in [1.82, 2.24) is 20.5 Å². The maximum Gasteiger partial charge on any atom is 0.276 e. The number of halogens is 2. The van der Waals surface area contributed by atoms with Crippen molar-refractivity contribution in [2.45, 2.75) is 11.0 Å². The number of carbonyl (C=O) groups is 1. The third-order valence-corrected chi connectivity index (χ3v) is 4.55. The summed E-state index contributed by atoms with van der Waals surface area (Å²) in [6, 6.07) is 8.81. The van der Waals surface area contributed by atoms with Gasteiger partial charge in [0, 0.05) is 22.2 Å². The quantitative estimate of drug-likeness (QED) is 0.469. The first-order valence-corrected chi connectivity index (χ1v) is 8.95. The Morgan fingerprint density at radius 3 is 2.71 bits per heavy atom. The van der Waals surface area contributed by atoms with Crippen LogP contribution >= 0.6 is 34.2 Å². The predicted molar refractivity (Wildman–Crippen MR) is 101 cm³/mol. The number of benzene rings is 1. The third kappa shape index (κ3) is 3.57. The Labute approximate surface area is 155 Å². The first-order chi connectivity index (χ1) is 11.6. The summed E-state index contributed by atoms with van der Waals surface area (Å²) in [4.78, 5) is 28.9. The molecule has 2 aromatic heterocycles. The fourth-order valence-corrected chi connectivity index (χ4v) is 2.70. The summed E-state index contributed by atoms with van der Waals surface area (Å²) in [5, 5.41) is 10.2. The van der Waals surface area contributed by atoms with Crippen LogP contribution < -0.4 is 10.7 Å². The second-order valence-corrected chi connectivity index (χ2v) is 6.28. The molecular formula is C16H12ClIN4O2. The van der Waals surface area contributed by atoms with Gasteiger partial charge in [0.25, 0.3) is 5.91 Å². The van der Waals surface area contributed by atoms with Crippen molar-refractivity contribution in [2.75, 3.05) is 0 Å². The van der Waals surface area contributed by atoms with Gasteiger partial charge >= 0.3 is 0 Å². The van der Waals surface area contributed by atoms with Crippen LogP contribution in [0.15, 0.2) is 41.3 Å². The second-order valence-electron chi connectivity index (χ2n) is 5.08. The molecule has 0 saturated heterocycles. The molecule has 0 bridgehead atoms. The molecule has 1 amide bonds. The monoisotopic (exact) mass is 454 g/mol. The highest BCUT2D eigenvalue weighted by molar-refractivity contribution is 14.1. The Kier molecular flexibility index (Phi) is 5.10. The van der Waals surface area contributed by atoms with Gasteiger partial charge in [-0.05, 0) is 29.3 Å². The topological polar surface area (TPSA) is 87.7 Å². The summed E-state index contributed by atoms with van der Waals surface area (Å²) in [5.74, 6) is -0.534. The fraction of sp³-hybridized carbons (Fsp3) is 0.125. The van der Waals surface area contributed by atoms with Crippen LogP contribution in [0, 0.1) is 0 Å². The lowest BCUT2D eigenvalue weighted by Gasteiger charge is -2.06. The normalized spacial score (nSPS) is 10.8. The van der Waals surface area contributed by atoms with Crippen molar-refractivity contribution in [3.8, 4) is 0 Å². The number of rotatable bonds is 4. The highest BCUT2D eigenvalue weighted by Crippen LogP contribution is 2.11. The summed E-state index contributed by atoms with van der Waals surface area (Å²) in [7, 11) is 0. The highest BCUT2D eigenvalue weighted by Gasteiger charge is 2.15. The van der Waals surface area contributed by atoms with Crippen LogP contribution in [0.4, 0.5) is 0 Å². The molecule has 0 spiro atoms. The average molecular weight is 455 g/mol. The first-order valence-electron chi connectivity index (χ1n) is 7.04. The third-order valence-electron chi connectivity index (χ3n) is 3.41. The van der Waals surface area contributed by atoms with Gasteiger partial charge in [0.1, 0.15) is 0 Å². The number of aromatic nitrogens is 3. The Bertz CT molecular complexity index is 956. The Hall–Kier alpha value is -2.00. The molecule has 1 aromatic carbocycles. The van der Waals surface area contributed by atoms with Gasteiger partial charge < -0.3 is 5.32 Å². The first kappa shape index (κ1) is 16.8. The number of H-pyrrole nitrogens is 1. The minimum atomic E-state index is -0.534. The van der Waals surface area contributed by atoms with Crippen molar-refractivity contribution >= 4 is 51.1 Å². The van der Waals surface area contributed by atoms with Crippen molar-refractivity contribution in [2.24, 2.45) is 0 Å². The van der Waals surface area contributed by atoms with Crippen LogP contribution in [-0.4, -0.2) is 21.1 Å². The number of nitrogens with zero attached hydrogens (tertiary/aromatic N) is 2. The lowest BCUT2D eigenvalue weighted by Crippen LogP contribution is -2.30. The standard InChI is InChI=1S/C16H12ClIN4O2/c17-11-3-1-9(2-4-11)7-20-16(24)13-14(23)12-5-10(6-18)8-19-15(12)22-21-13/h1-5,8H,6-7H2,(H,20,24)(H,19,22,23). The molecule has 0 radical (unpaired) electrons. The number of amides is 1. The van der Waals surface area contributed by atoms with E-state index in [9.17, 15) is 9.59 Å². The molecule has 24 heavy (non-hydrogen) atoms. The summed E-state index contributed by atoms with van der Waals surface area (Å²) in [6.07, 6.45) is 1.67. The lowest BCUT2D eigenvalue weighted by molar-refractivity contribution is 0.0944. The minimum absolute atomic E-state index is 0.177. The Morgan fingerprint density at radius 2 is 2.00 bits per heavy atom. The number of hydrogen-bond donors (Lipinski definition) is 2. The van der Waals surface area contributed by atoms with Crippen LogP contribution in [0.1, 0.15) is 21.6 Å². The molecule has 3 aromatic rings. The van der Waals surface area contributed by atoms with Gasteiger partial charge in [-0.25, -0.2) is 4.98 Å². The summed E-state index contributed by atoms with van der Waals surface area (Å²) < 4.78 is 0.723. The van der Waals surface area contributed by atoms with Gasteiger partial charge in [0.05, 0.1) is 5.39 Å². The van der Waals surface area contributed by atoms with Gasteiger partial charge in [-0.15, -0.1) is 0 Å². The number of alkyl halides is 1. The van der Waals surface area contributed by atoms with Crippen LogP contribution in [0.2, 0.25) is 5.02 Å². The SMILES string of the molecule is O=C(NCc1ccc(Cl)cc1)c1n[nH]c2ncc(CI)cc2c1=O. The van der Waals surface area contributed by atoms with Crippen LogP contribution in [0.25, 0.3) is 11.0 Å². The number of fused-ring (bicyclic) bond motifs is 1. The van der Waals surface area contributed by atoms with E-state index in [4.69, 9.17) is 11.6 Å². The Morgan fingerprint density at radius 1 is 1.25 bits per heavy atom. The molecule has 0 atom stereocenters. The molecule has 2 heterocycles. The van der Waals surface area contributed by atoms with Crippen LogP contribution in [0.5, 0.6) is 0 Å². The second kappa shape index (κ2) is 7.27. The van der Waals surface area contributed by atoms with Crippen LogP contribution in [0.3, 0.4) is 0 Å². The van der Waals surface area contributed by atoms with Gasteiger partial charge in [-0.3, -0.25) is 14.7 Å². The number of aromatic amines is 1. The molecule has 2 N–H and O–H groups in total. The molecule has 3 rings (SSSR count). The number of hydrogen-bond acceptors (Lipinski definition) is 4. The molecule has 0 unspecified atom stereocenters. The van der Waals surface area contributed by atoms with Crippen molar-refractivity contribution in [1.29, 1.82) is 0 Å². The lowest BCUT2D eigenvalue weighted by atomic mass is 10.2. The van der Waals surface area contributed by atoms with Gasteiger partial charge in [-0.2, -0.15) is 5.10 Å². The van der Waals surface area contributed by atoms with E-state index in [1.807, 2.05) is 0 Å². The molecule has 0 aliphatic rings. The molecular weight excluding hydrogens is 443 g/mol. The number of nitrogens with one attached hydrogen (secondary N) is 2. The fourth-order valence-electron chi connectivity index (χ4n) is 2.15. The zero-order chi connectivity index (χ0) is 17.1. The van der Waals surface area contributed by atoms with Crippen molar-refractivity contribution in [3.63, 3.8) is 0 Å². The van der Waals surface area contributed by atoms with Crippen LogP contribution in [-0.2, 0) is 11.0 Å². The molecule has 0 aliphatic heterocycles. The van der Waals surface area contributed by atoms with Gasteiger partial charge in [0.2, 0.25) is 5.43 Å².